The van der Waals surface area contributed by atoms with E-state index in [1.165, 1.54) is 0 Å². The van der Waals surface area contributed by atoms with Crippen molar-refractivity contribution in [2.45, 2.75) is 25.9 Å². The van der Waals surface area contributed by atoms with Gasteiger partial charge in [0.2, 0.25) is 0 Å². The minimum absolute atomic E-state index is 0.153. The SMILES string of the molecule is C/C=C/CC1COCCC1O. The summed E-state index contributed by atoms with van der Waals surface area (Å²) in [6, 6.07) is 0. The molecule has 1 aliphatic rings. The van der Waals surface area contributed by atoms with Crippen molar-refractivity contribution in [3.8, 4) is 0 Å². The van der Waals surface area contributed by atoms with Crippen LogP contribution >= 0.6 is 0 Å². The maximum atomic E-state index is 9.48. The topological polar surface area (TPSA) is 29.5 Å². The lowest BCUT2D eigenvalue weighted by molar-refractivity contribution is -0.0341. The Morgan fingerprint density at radius 2 is 2.45 bits per heavy atom. The van der Waals surface area contributed by atoms with Crippen molar-refractivity contribution < 1.29 is 9.84 Å². The fraction of sp³-hybridized carbons (Fsp3) is 0.778. The molecule has 0 aliphatic carbocycles. The number of hydrogen-bond acceptors (Lipinski definition) is 2. The van der Waals surface area contributed by atoms with Gasteiger partial charge in [-0.3, -0.25) is 0 Å². The van der Waals surface area contributed by atoms with Crippen LogP contribution in [0.1, 0.15) is 19.8 Å². The molecule has 2 heteroatoms. The van der Waals surface area contributed by atoms with E-state index in [1.54, 1.807) is 0 Å². The van der Waals surface area contributed by atoms with Crippen molar-refractivity contribution in [3.63, 3.8) is 0 Å². The van der Waals surface area contributed by atoms with Crippen LogP contribution in [-0.4, -0.2) is 24.4 Å². The van der Waals surface area contributed by atoms with Gasteiger partial charge in [-0.15, -0.1) is 0 Å². The van der Waals surface area contributed by atoms with Crippen molar-refractivity contribution in [1.82, 2.24) is 0 Å². The number of aliphatic hydroxyl groups excluding tert-OH is 1. The van der Waals surface area contributed by atoms with Crippen molar-refractivity contribution in [1.29, 1.82) is 0 Å². The molecule has 0 bridgehead atoms. The van der Waals surface area contributed by atoms with Crippen LogP contribution in [0.3, 0.4) is 0 Å². The van der Waals surface area contributed by atoms with Gasteiger partial charge in [-0.05, 0) is 19.8 Å². The molecule has 64 valence electrons. The Balaban J connectivity index is 2.29. The zero-order valence-corrected chi connectivity index (χ0v) is 6.99. The molecule has 1 rings (SSSR count). The molecule has 0 aromatic heterocycles. The predicted molar refractivity (Wildman–Crippen MR) is 44.4 cm³/mol. The second kappa shape index (κ2) is 4.52. The highest BCUT2D eigenvalue weighted by Crippen LogP contribution is 2.18. The molecule has 0 saturated carbocycles. The van der Waals surface area contributed by atoms with Crippen LogP contribution in [0.15, 0.2) is 12.2 Å². The number of rotatable bonds is 2. The number of ether oxygens (including phenoxy) is 1. The Hall–Kier alpha value is -0.340. The minimum atomic E-state index is -0.153. The molecule has 1 saturated heterocycles. The monoisotopic (exact) mass is 156 g/mol. The van der Waals surface area contributed by atoms with Crippen LogP contribution in [-0.2, 0) is 4.74 Å². The summed E-state index contributed by atoms with van der Waals surface area (Å²) >= 11 is 0. The summed E-state index contributed by atoms with van der Waals surface area (Å²) in [5, 5.41) is 9.48. The van der Waals surface area contributed by atoms with E-state index in [0.717, 1.165) is 12.8 Å². The molecule has 2 unspecified atom stereocenters. The van der Waals surface area contributed by atoms with Crippen LogP contribution in [0.25, 0.3) is 0 Å². The molecule has 1 N–H and O–H groups in total. The van der Waals surface area contributed by atoms with Gasteiger partial charge in [0.05, 0.1) is 12.7 Å². The summed E-state index contributed by atoms with van der Waals surface area (Å²) in [5.41, 5.74) is 0. The maximum absolute atomic E-state index is 9.48. The predicted octanol–water partition coefficient (Wildman–Crippen LogP) is 1.35. The number of hydrogen-bond donors (Lipinski definition) is 1. The summed E-state index contributed by atoms with van der Waals surface area (Å²) in [7, 11) is 0. The Morgan fingerprint density at radius 1 is 1.64 bits per heavy atom. The molecule has 2 nitrogen and oxygen atoms in total. The van der Waals surface area contributed by atoms with Crippen LogP contribution < -0.4 is 0 Å². The molecule has 1 aliphatic heterocycles. The maximum Gasteiger partial charge on any atom is 0.0615 e. The molecule has 2 atom stereocenters. The van der Waals surface area contributed by atoms with Crippen LogP contribution in [0.5, 0.6) is 0 Å². The Labute approximate surface area is 67.9 Å². The van der Waals surface area contributed by atoms with Crippen molar-refractivity contribution >= 4 is 0 Å². The van der Waals surface area contributed by atoms with Gasteiger partial charge in [0.15, 0.2) is 0 Å². The standard InChI is InChI=1S/C9H16O2/c1-2-3-4-8-7-11-6-5-9(8)10/h2-3,8-10H,4-7H2,1H3/b3-2+. The fourth-order valence-electron chi connectivity index (χ4n) is 1.32. The van der Waals surface area contributed by atoms with E-state index in [1.807, 2.05) is 13.0 Å². The van der Waals surface area contributed by atoms with Gasteiger partial charge in [-0.2, -0.15) is 0 Å². The zero-order valence-electron chi connectivity index (χ0n) is 6.99. The summed E-state index contributed by atoms with van der Waals surface area (Å²) in [6.45, 7) is 3.43. The molecule has 1 heterocycles. The van der Waals surface area contributed by atoms with Crippen molar-refractivity contribution in [2.75, 3.05) is 13.2 Å². The Bertz CT molecular complexity index is 132. The van der Waals surface area contributed by atoms with Gasteiger partial charge in [-0.25, -0.2) is 0 Å². The van der Waals surface area contributed by atoms with Crippen LogP contribution in [0.2, 0.25) is 0 Å². The van der Waals surface area contributed by atoms with E-state index in [4.69, 9.17) is 4.74 Å². The van der Waals surface area contributed by atoms with Gasteiger partial charge in [0, 0.05) is 12.5 Å². The van der Waals surface area contributed by atoms with Gasteiger partial charge in [-0.1, -0.05) is 12.2 Å². The summed E-state index contributed by atoms with van der Waals surface area (Å²) in [5.74, 6) is 0.319. The first-order valence-electron chi connectivity index (χ1n) is 4.21. The fourth-order valence-corrected chi connectivity index (χ4v) is 1.32. The molecule has 0 radical (unpaired) electrons. The summed E-state index contributed by atoms with van der Waals surface area (Å²) in [6.07, 6.45) is 5.68. The molecule has 1 fully saturated rings. The third-order valence-corrected chi connectivity index (χ3v) is 2.11. The van der Waals surface area contributed by atoms with E-state index >= 15 is 0 Å². The van der Waals surface area contributed by atoms with Gasteiger partial charge >= 0.3 is 0 Å². The molecular formula is C9H16O2. The molecule has 0 spiro atoms. The minimum Gasteiger partial charge on any atom is -0.393 e. The van der Waals surface area contributed by atoms with Gasteiger partial charge in [0.25, 0.3) is 0 Å². The number of aliphatic hydroxyl groups is 1. The first-order chi connectivity index (χ1) is 5.34. The largest absolute Gasteiger partial charge is 0.393 e. The van der Waals surface area contributed by atoms with E-state index in [9.17, 15) is 5.11 Å². The lowest BCUT2D eigenvalue weighted by Gasteiger charge is -2.26. The molecule has 0 amide bonds. The number of allylic oxidation sites excluding steroid dienone is 2. The smallest absolute Gasteiger partial charge is 0.0615 e. The second-order valence-corrected chi connectivity index (χ2v) is 3.00. The van der Waals surface area contributed by atoms with Crippen molar-refractivity contribution in [2.24, 2.45) is 5.92 Å². The van der Waals surface area contributed by atoms with Crippen LogP contribution in [0.4, 0.5) is 0 Å². The second-order valence-electron chi connectivity index (χ2n) is 3.00. The molecule has 0 aromatic rings. The lowest BCUT2D eigenvalue weighted by atomic mass is 9.95. The third-order valence-electron chi connectivity index (χ3n) is 2.11. The zero-order chi connectivity index (χ0) is 8.10. The van der Waals surface area contributed by atoms with Gasteiger partial charge in [0.1, 0.15) is 0 Å². The molecular weight excluding hydrogens is 140 g/mol. The highest BCUT2D eigenvalue weighted by Gasteiger charge is 2.21. The average molecular weight is 156 g/mol. The highest BCUT2D eigenvalue weighted by atomic mass is 16.5. The average Bonchev–Trinajstić information content (AvgIpc) is 2.03. The van der Waals surface area contributed by atoms with E-state index in [2.05, 4.69) is 6.08 Å². The van der Waals surface area contributed by atoms with Crippen LogP contribution in [0, 0.1) is 5.92 Å². The summed E-state index contributed by atoms with van der Waals surface area (Å²) in [4.78, 5) is 0. The first kappa shape index (κ1) is 8.75. The summed E-state index contributed by atoms with van der Waals surface area (Å²) < 4.78 is 5.26. The lowest BCUT2D eigenvalue weighted by Crippen LogP contribution is -2.31. The molecule has 0 aromatic carbocycles. The Kier molecular flexibility index (Phi) is 3.60. The molecule has 11 heavy (non-hydrogen) atoms. The van der Waals surface area contributed by atoms with Gasteiger partial charge < -0.3 is 9.84 Å². The first-order valence-corrected chi connectivity index (χ1v) is 4.21. The normalized spacial score (nSPS) is 32.9. The van der Waals surface area contributed by atoms with E-state index in [0.29, 0.717) is 19.1 Å². The highest BCUT2D eigenvalue weighted by molar-refractivity contribution is 4.84. The van der Waals surface area contributed by atoms with Crippen molar-refractivity contribution in [3.05, 3.63) is 12.2 Å². The Morgan fingerprint density at radius 3 is 3.09 bits per heavy atom. The van der Waals surface area contributed by atoms with E-state index < -0.39 is 0 Å². The quantitative estimate of drug-likeness (QED) is 0.611. The van der Waals surface area contributed by atoms with E-state index in [-0.39, 0.29) is 6.10 Å². The third kappa shape index (κ3) is 2.64.